The molecule has 4 rings (SSSR count). The van der Waals surface area contributed by atoms with Gasteiger partial charge in [0.05, 0.1) is 11.2 Å². The monoisotopic (exact) mass is 276 g/mol. The van der Waals surface area contributed by atoms with Crippen molar-refractivity contribution in [2.24, 2.45) is 0 Å². The second-order valence-electron chi connectivity index (χ2n) is 5.32. The first-order valence-electron chi connectivity index (χ1n) is 7.17. The Balaban J connectivity index is 2.03. The molecule has 4 nitrogen and oxygen atoms in total. The van der Waals surface area contributed by atoms with Gasteiger partial charge >= 0.3 is 0 Å². The van der Waals surface area contributed by atoms with Gasteiger partial charge in [-0.05, 0) is 30.2 Å². The Kier molecular flexibility index (Phi) is 2.82. The zero-order chi connectivity index (χ0) is 14.2. The van der Waals surface area contributed by atoms with E-state index >= 15 is 0 Å². The van der Waals surface area contributed by atoms with E-state index in [4.69, 9.17) is 5.73 Å². The minimum absolute atomic E-state index is 0.324. The summed E-state index contributed by atoms with van der Waals surface area (Å²) < 4.78 is 0. The Labute approximate surface area is 123 Å². The lowest BCUT2D eigenvalue weighted by atomic mass is 9.93. The fraction of sp³-hybridized carbons (Fsp3) is 0.176. The summed E-state index contributed by atoms with van der Waals surface area (Å²) in [5.41, 5.74) is 11.6. The van der Waals surface area contributed by atoms with Crippen LogP contribution in [0.3, 0.4) is 0 Å². The minimum atomic E-state index is 0.324. The predicted molar refractivity (Wildman–Crippen MR) is 84.8 cm³/mol. The van der Waals surface area contributed by atoms with Crippen LogP contribution in [-0.2, 0) is 13.0 Å². The molecule has 1 aromatic heterocycles. The summed E-state index contributed by atoms with van der Waals surface area (Å²) in [6, 6.07) is 14.4. The van der Waals surface area contributed by atoms with Crippen LogP contribution in [0.25, 0.3) is 22.2 Å². The molecule has 3 N–H and O–H groups in total. The van der Waals surface area contributed by atoms with Gasteiger partial charge in [-0.3, -0.25) is 0 Å². The first-order chi connectivity index (χ1) is 10.3. The van der Waals surface area contributed by atoms with Crippen molar-refractivity contribution >= 4 is 16.9 Å². The molecular formula is C17H16N4. The van der Waals surface area contributed by atoms with Crippen molar-refractivity contribution in [3.05, 3.63) is 53.6 Å². The van der Waals surface area contributed by atoms with Crippen molar-refractivity contribution in [2.75, 3.05) is 12.3 Å². The molecule has 0 amide bonds. The topological polar surface area (TPSA) is 63.8 Å². The zero-order valence-electron chi connectivity index (χ0n) is 11.6. The van der Waals surface area contributed by atoms with E-state index in [1.54, 1.807) is 0 Å². The molecule has 4 heteroatoms. The van der Waals surface area contributed by atoms with Gasteiger partial charge in [-0.1, -0.05) is 36.4 Å². The highest BCUT2D eigenvalue weighted by Gasteiger charge is 2.16. The Morgan fingerprint density at radius 1 is 1.00 bits per heavy atom. The number of nitrogens with two attached hydrogens (primary N) is 1. The quantitative estimate of drug-likeness (QED) is 0.717. The van der Waals surface area contributed by atoms with Gasteiger partial charge in [0.15, 0.2) is 0 Å². The van der Waals surface area contributed by atoms with E-state index in [1.165, 1.54) is 11.1 Å². The maximum atomic E-state index is 5.90. The van der Waals surface area contributed by atoms with Crippen LogP contribution < -0.4 is 11.1 Å². The summed E-state index contributed by atoms with van der Waals surface area (Å²) >= 11 is 0. The lowest BCUT2D eigenvalue weighted by Gasteiger charge is -2.20. The van der Waals surface area contributed by atoms with Crippen molar-refractivity contribution in [3.8, 4) is 11.3 Å². The third kappa shape index (κ3) is 2.04. The van der Waals surface area contributed by atoms with Gasteiger partial charge in [-0.15, -0.1) is 0 Å². The average molecular weight is 276 g/mol. The Bertz CT molecular complexity index is 826. The highest BCUT2D eigenvalue weighted by atomic mass is 15.0. The summed E-state index contributed by atoms with van der Waals surface area (Å²) in [6.07, 6.45) is 1.06. The lowest BCUT2D eigenvalue weighted by Crippen LogP contribution is -2.24. The second-order valence-corrected chi connectivity index (χ2v) is 5.32. The number of nitrogens with zero attached hydrogens (tertiary/aromatic N) is 2. The summed E-state index contributed by atoms with van der Waals surface area (Å²) in [5.74, 6) is 0.324. The minimum Gasteiger partial charge on any atom is -0.368 e. The van der Waals surface area contributed by atoms with Gasteiger partial charge in [-0.2, -0.15) is 0 Å². The van der Waals surface area contributed by atoms with Crippen LogP contribution >= 0.6 is 0 Å². The van der Waals surface area contributed by atoms with Gasteiger partial charge in [0, 0.05) is 17.5 Å². The van der Waals surface area contributed by atoms with E-state index in [0.29, 0.717) is 5.95 Å². The molecule has 0 unspecified atom stereocenters. The maximum Gasteiger partial charge on any atom is 0.221 e. The predicted octanol–water partition coefficient (Wildman–Crippen LogP) is 2.52. The Morgan fingerprint density at radius 3 is 2.86 bits per heavy atom. The normalized spacial score (nSPS) is 14.1. The van der Waals surface area contributed by atoms with Crippen LogP contribution in [0.4, 0.5) is 5.95 Å². The van der Waals surface area contributed by atoms with Crippen molar-refractivity contribution in [2.45, 2.75) is 13.0 Å². The molecule has 3 aromatic rings. The van der Waals surface area contributed by atoms with Crippen molar-refractivity contribution < 1.29 is 0 Å². The molecule has 0 bridgehead atoms. The Hall–Kier alpha value is -2.46. The number of nitrogen functional groups attached to an aromatic ring is 1. The van der Waals surface area contributed by atoms with E-state index in [0.717, 1.165) is 41.7 Å². The Morgan fingerprint density at radius 2 is 1.90 bits per heavy atom. The van der Waals surface area contributed by atoms with E-state index in [2.05, 4.69) is 39.6 Å². The molecule has 0 saturated heterocycles. The standard InChI is InChI=1S/C17H16N4/c18-17-20-15-7-2-1-5-13(15)16(21-17)12-6-3-4-11-8-9-19-10-14(11)12/h1-7,19H,8-10H2,(H2,18,20,21). The number of fused-ring (bicyclic) bond motifs is 2. The average Bonchev–Trinajstić information content (AvgIpc) is 2.53. The first-order valence-corrected chi connectivity index (χ1v) is 7.17. The molecule has 0 radical (unpaired) electrons. The number of hydrogen-bond donors (Lipinski definition) is 2. The van der Waals surface area contributed by atoms with Crippen molar-refractivity contribution in [3.63, 3.8) is 0 Å². The van der Waals surface area contributed by atoms with E-state index < -0.39 is 0 Å². The van der Waals surface area contributed by atoms with Crippen molar-refractivity contribution in [1.29, 1.82) is 0 Å². The van der Waals surface area contributed by atoms with E-state index in [1.807, 2.05) is 18.2 Å². The van der Waals surface area contributed by atoms with Gasteiger partial charge in [0.2, 0.25) is 5.95 Å². The van der Waals surface area contributed by atoms with Crippen LogP contribution in [0.15, 0.2) is 42.5 Å². The molecule has 0 saturated carbocycles. The third-order valence-corrected chi connectivity index (χ3v) is 4.02. The van der Waals surface area contributed by atoms with Crippen LogP contribution in [0, 0.1) is 0 Å². The molecule has 1 aliphatic rings. The largest absolute Gasteiger partial charge is 0.368 e. The van der Waals surface area contributed by atoms with Crippen LogP contribution in [0.2, 0.25) is 0 Å². The third-order valence-electron chi connectivity index (χ3n) is 4.02. The highest BCUT2D eigenvalue weighted by molar-refractivity contribution is 5.94. The molecule has 2 aromatic carbocycles. The highest BCUT2D eigenvalue weighted by Crippen LogP contribution is 2.32. The molecule has 0 fully saturated rings. The van der Waals surface area contributed by atoms with Crippen LogP contribution in [-0.4, -0.2) is 16.5 Å². The van der Waals surface area contributed by atoms with E-state index in [9.17, 15) is 0 Å². The summed E-state index contributed by atoms with van der Waals surface area (Å²) in [5, 5.41) is 4.49. The lowest BCUT2D eigenvalue weighted by molar-refractivity contribution is 0.645. The fourth-order valence-corrected chi connectivity index (χ4v) is 3.04. The molecule has 2 heterocycles. The van der Waals surface area contributed by atoms with E-state index in [-0.39, 0.29) is 0 Å². The van der Waals surface area contributed by atoms with Gasteiger partial charge in [0.1, 0.15) is 0 Å². The van der Waals surface area contributed by atoms with Gasteiger partial charge < -0.3 is 11.1 Å². The molecule has 0 spiro atoms. The fourth-order valence-electron chi connectivity index (χ4n) is 3.04. The molecule has 104 valence electrons. The summed E-state index contributed by atoms with van der Waals surface area (Å²) in [7, 11) is 0. The molecule has 0 aliphatic carbocycles. The van der Waals surface area contributed by atoms with Crippen LogP contribution in [0.1, 0.15) is 11.1 Å². The number of rotatable bonds is 1. The number of aromatic nitrogens is 2. The number of nitrogens with one attached hydrogen (secondary N) is 1. The maximum absolute atomic E-state index is 5.90. The van der Waals surface area contributed by atoms with Crippen molar-refractivity contribution in [1.82, 2.24) is 15.3 Å². The summed E-state index contributed by atoms with van der Waals surface area (Å²) in [4.78, 5) is 8.84. The molecule has 0 atom stereocenters. The van der Waals surface area contributed by atoms with Gasteiger partial charge in [-0.25, -0.2) is 9.97 Å². The SMILES string of the molecule is Nc1nc(-c2cccc3c2CNCC3)c2ccccc2n1. The zero-order valence-corrected chi connectivity index (χ0v) is 11.6. The number of hydrogen-bond acceptors (Lipinski definition) is 4. The van der Waals surface area contributed by atoms with Gasteiger partial charge in [0.25, 0.3) is 0 Å². The van der Waals surface area contributed by atoms with Crippen LogP contribution in [0.5, 0.6) is 0 Å². The smallest absolute Gasteiger partial charge is 0.221 e. The number of para-hydroxylation sites is 1. The molecular weight excluding hydrogens is 260 g/mol. The summed E-state index contributed by atoms with van der Waals surface area (Å²) in [6.45, 7) is 1.91. The second kappa shape index (κ2) is 4.82. The first kappa shape index (κ1) is 12.3. The number of benzene rings is 2. The number of anilines is 1. The molecule has 1 aliphatic heterocycles. The molecule has 21 heavy (non-hydrogen) atoms.